The first kappa shape index (κ1) is 10.9. The van der Waals surface area contributed by atoms with Crippen molar-refractivity contribution in [1.82, 2.24) is 10.2 Å². The Morgan fingerprint density at radius 2 is 2.46 bits per heavy atom. The van der Waals surface area contributed by atoms with Crippen molar-refractivity contribution in [3.63, 3.8) is 0 Å². The predicted molar refractivity (Wildman–Crippen MR) is 53.8 cm³/mol. The molecular weight excluding hydrogens is 166 g/mol. The molecule has 0 saturated carbocycles. The number of hydrogen-bond acceptors (Lipinski definition) is 4. The normalized spacial score (nSPS) is 24.9. The van der Waals surface area contributed by atoms with E-state index in [1.165, 1.54) is 0 Å². The van der Waals surface area contributed by atoms with Crippen LogP contribution in [0.15, 0.2) is 0 Å². The van der Waals surface area contributed by atoms with Gasteiger partial charge in [0, 0.05) is 19.6 Å². The van der Waals surface area contributed by atoms with Gasteiger partial charge in [0.15, 0.2) is 0 Å². The lowest BCUT2D eigenvalue weighted by molar-refractivity contribution is -0.0262. The van der Waals surface area contributed by atoms with E-state index in [4.69, 9.17) is 10.5 Å². The van der Waals surface area contributed by atoms with Gasteiger partial charge in [0.25, 0.3) is 0 Å². The Morgan fingerprint density at radius 1 is 1.62 bits per heavy atom. The van der Waals surface area contributed by atoms with Gasteiger partial charge in [0.05, 0.1) is 12.7 Å². The third-order valence-electron chi connectivity index (χ3n) is 2.33. The average molecular weight is 187 g/mol. The molecular formula is C9H21N3O. The summed E-state index contributed by atoms with van der Waals surface area (Å²) in [6.45, 7) is 5.80. The molecule has 78 valence electrons. The fourth-order valence-electron chi connectivity index (χ4n) is 1.65. The maximum Gasteiger partial charge on any atom is 0.0826 e. The van der Waals surface area contributed by atoms with Gasteiger partial charge in [-0.15, -0.1) is 0 Å². The van der Waals surface area contributed by atoms with Gasteiger partial charge in [-0.2, -0.15) is 0 Å². The van der Waals surface area contributed by atoms with E-state index < -0.39 is 0 Å². The fraction of sp³-hybridized carbons (Fsp3) is 1.00. The van der Waals surface area contributed by atoms with E-state index in [1.807, 2.05) is 7.05 Å². The molecule has 1 aliphatic heterocycles. The lowest BCUT2D eigenvalue weighted by Crippen LogP contribution is -2.46. The van der Waals surface area contributed by atoms with Crippen LogP contribution in [0, 0.1) is 0 Å². The smallest absolute Gasteiger partial charge is 0.0826 e. The van der Waals surface area contributed by atoms with Gasteiger partial charge >= 0.3 is 0 Å². The van der Waals surface area contributed by atoms with E-state index in [2.05, 4.69) is 10.2 Å². The van der Waals surface area contributed by atoms with Crippen molar-refractivity contribution in [2.75, 3.05) is 46.4 Å². The minimum atomic E-state index is 0.358. The molecule has 0 bridgehead atoms. The number of nitrogens with zero attached hydrogens (tertiary/aromatic N) is 1. The summed E-state index contributed by atoms with van der Waals surface area (Å²) in [6.07, 6.45) is 1.45. The van der Waals surface area contributed by atoms with Crippen molar-refractivity contribution < 1.29 is 4.74 Å². The van der Waals surface area contributed by atoms with Crippen molar-refractivity contribution in [3.05, 3.63) is 0 Å². The number of nitrogens with one attached hydrogen (secondary N) is 1. The van der Waals surface area contributed by atoms with Crippen LogP contribution in [0.5, 0.6) is 0 Å². The van der Waals surface area contributed by atoms with Gasteiger partial charge in [-0.05, 0) is 26.6 Å². The molecule has 1 saturated heterocycles. The molecule has 1 fully saturated rings. The summed E-state index contributed by atoms with van der Waals surface area (Å²) in [5.74, 6) is 0. The number of ether oxygens (including phenoxy) is 1. The lowest BCUT2D eigenvalue weighted by Gasteiger charge is -2.32. The third-order valence-corrected chi connectivity index (χ3v) is 2.33. The molecule has 0 unspecified atom stereocenters. The van der Waals surface area contributed by atoms with Gasteiger partial charge in [-0.25, -0.2) is 0 Å². The quantitative estimate of drug-likeness (QED) is 0.595. The highest BCUT2D eigenvalue weighted by Crippen LogP contribution is 2.04. The monoisotopic (exact) mass is 187 g/mol. The summed E-state index contributed by atoms with van der Waals surface area (Å²) in [4.78, 5) is 2.43. The predicted octanol–water partition coefficient (Wildman–Crippen LogP) is -0.745. The Morgan fingerprint density at radius 3 is 3.15 bits per heavy atom. The molecule has 0 aromatic carbocycles. The molecule has 0 amide bonds. The number of likely N-dealkylation sites (N-methyl/N-ethyl adjacent to an activating group) is 1. The van der Waals surface area contributed by atoms with E-state index in [9.17, 15) is 0 Å². The molecule has 0 radical (unpaired) electrons. The molecule has 0 aromatic heterocycles. The highest BCUT2D eigenvalue weighted by molar-refractivity contribution is 4.72. The van der Waals surface area contributed by atoms with E-state index in [-0.39, 0.29) is 0 Å². The maximum atomic E-state index is 5.59. The van der Waals surface area contributed by atoms with Crippen LogP contribution < -0.4 is 11.1 Å². The van der Waals surface area contributed by atoms with Crippen LogP contribution in [0.25, 0.3) is 0 Å². The van der Waals surface area contributed by atoms with E-state index >= 15 is 0 Å². The lowest BCUT2D eigenvalue weighted by atomic mass is 10.2. The van der Waals surface area contributed by atoms with Gasteiger partial charge in [-0.1, -0.05) is 0 Å². The Balaban J connectivity index is 2.16. The Hall–Kier alpha value is -0.160. The Bertz CT molecular complexity index is 130. The molecule has 13 heavy (non-hydrogen) atoms. The van der Waals surface area contributed by atoms with Crippen molar-refractivity contribution in [1.29, 1.82) is 0 Å². The molecule has 0 aliphatic carbocycles. The van der Waals surface area contributed by atoms with E-state index in [0.29, 0.717) is 6.10 Å². The third kappa shape index (κ3) is 4.04. The molecule has 1 aliphatic rings. The second kappa shape index (κ2) is 6.32. The number of morpholine rings is 1. The molecule has 0 spiro atoms. The van der Waals surface area contributed by atoms with E-state index in [0.717, 1.165) is 45.8 Å². The number of nitrogens with two attached hydrogens (primary N) is 1. The van der Waals surface area contributed by atoms with Crippen LogP contribution in [-0.2, 0) is 4.74 Å². The van der Waals surface area contributed by atoms with Gasteiger partial charge in [-0.3, -0.25) is 4.90 Å². The van der Waals surface area contributed by atoms with Crippen molar-refractivity contribution in [2.24, 2.45) is 5.73 Å². The maximum absolute atomic E-state index is 5.59. The highest BCUT2D eigenvalue weighted by atomic mass is 16.5. The number of rotatable bonds is 5. The first-order valence-electron chi connectivity index (χ1n) is 5.05. The summed E-state index contributed by atoms with van der Waals surface area (Å²) >= 11 is 0. The minimum absolute atomic E-state index is 0.358. The molecule has 1 heterocycles. The van der Waals surface area contributed by atoms with Gasteiger partial charge in [0.1, 0.15) is 0 Å². The van der Waals surface area contributed by atoms with Crippen LogP contribution in [0.4, 0.5) is 0 Å². The average Bonchev–Trinajstić information content (AvgIpc) is 2.16. The summed E-state index contributed by atoms with van der Waals surface area (Å²) < 4.78 is 5.59. The first-order valence-corrected chi connectivity index (χ1v) is 5.05. The van der Waals surface area contributed by atoms with E-state index in [1.54, 1.807) is 0 Å². The largest absolute Gasteiger partial charge is 0.374 e. The zero-order valence-corrected chi connectivity index (χ0v) is 8.46. The zero-order chi connectivity index (χ0) is 9.52. The van der Waals surface area contributed by atoms with Crippen molar-refractivity contribution in [3.8, 4) is 0 Å². The molecule has 1 rings (SSSR count). The van der Waals surface area contributed by atoms with Crippen LogP contribution in [0.1, 0.15) is 6.42 Å². The summed E-state index contributed by atoms with van der Waals surface area (Å²) in [7, 11) is 1.96. The standard InChI is InChI=1S/C9H21N3O/c1-11-7-9-8-12(4-2-3-10)5-6-13-9/h9,11H,2-8,10H2,1H3/t9-/m1/s1. The Kier molecular flexibility index (Phi) is 5.31. The molecule has 3 N–H and O–H groups in total. The zero-order valence-electron chi connectivity index (χ0n) is 8.46. The first-order chi connectivity index (χ1) is 6.36. The second-order valence-corrected chi connectivity index (χ2v) is 3.49. The SMILES string of the molecule is CNC[C@@H]1CN(CCCN)CCO1. The number of hydrogen-bond donors (Lipinski definition) is 2. The molecule has 4 heteroatoms. The summed E-state index contributed by atoms with van der Waals surface area (Å²) in [5, 5.41) is 3.14. The second-order valence-electron chi connectivity index (χ2n) is 3.49. The van der Waals surface area contributed by atoms with Crippen LogP contribution in [0.3, 0.4) is 0 Å². The van der Waals surface area contributed by atoms with Crippen LogP contribution in [-0.4, -0.2) is 57.4 Å². The highest BCUT2D eigenvalue weighted by Gasteiger charge is 2.18. The van der Waals surface area contributed by atoms with Crippen molar-refractivity contribution in [2.45, 2.75) is 12.5 Å². The van der Waals surface area contributed by atoms with Crippen molar-refractivity contribution >= 4 is 0 Å². The topological polar surface area (TPSA) is 50.5 Å². The van der Waals surface area contributed by atoms with Crippen LogP contribution in [0.2, 0.25) is 0 Å². The molecule has 1 atom stereocenters. The van der Waals surface area contributed by atoms with Gasteiger partial charge in [0.2, 0.25) is 0 Å². The van der Waals surface area contributed by atoms with Crippen LogP contribution >= 0.6 is 0 Å². The summed E-state index contributed by atoms with van der Waals surface area (Å²) in [5.41, 5.74) is 5.47. The summed E-state index contributed by atoms with van der Waals surface area (Å²) in [6, 6.07) is 0. The molecule has 0 aromatic rings. The Labute approximate surface area is 80.4 Å². The fourth-order valence-corrected chi connectivity index (χ4v) is 1.65. The van der Waals surface area contributed by atoms with Gasteiger partial charge < -0.3 is 15.8 Å². The molecule has 4 nitrogen and oxygen atoms in total. The minimum Gasteiger partial charge on any atom is -0.374 e.